The highest BCUT2D eigenvalue weighted by molar-refractivity contribution is 6.39. The van der Waals surface area contributed by atoms with E-state index < -0.39 is 83.9 Å². The van der Waals surface area contributed by atoms with Gasteiger partial charge in [0.1, 0.15) is 30.1 Å². The number of ketones is 3. The molecule has 3 aliphatic heterocycles. The molecule has 13 unspecified atom stereocenters. The van der Waals surface area contributed by atoms with Crippen molar-refractivity contribution < 1.29 is 57.9 Å². The normalized spacial score (nSPS) is 39.2. The second kappa shape index (κ2) is 21.4. The second-order valence-corrected chi connectivity index (χ2v) is 17.4. The van der Waals surface area contributed by atoms with Crippen LogP contribution in [0.3, 0.4) is 0 Å². The molecule has 13 atom stereocenters. The van der Waals surface area contributed by atoms with E-state index in [-0.39, 0.29) is 55.8 Å². The molecule has 3 heterocycles. The summed E-state index contributed by atoms with van der Waals surface area (Å²) < 4.78 is 30.0. The number of allylic oxidation sites excluding steroid dienone is 3. The summed E-state index contributed by atoms with van der Waals surface area (Å²) in [4.78, 5) is 70.4. The topological polar surface area (TPSA) is 175 Å². The number of aliphatic hydroxyl groups is 2. The van der Waals surface area contributed by atoms with Crippen LogP contribution in [0.2, 0.25) is 0 Å². The van der Waals surface area contributed by atoms with Gasteiger partial charge in [0.2, 0.25) is 5.79 Å². The van der Waals surface area contributed by atoms with E-state index in [9.17, 15) is 34.2 Å². The average Bonchev–Trinajstić information content (AvgIpc) is 3.20. The number of rotatable bonds is 8. The van der Waals surface area contributed by atoms with Gasteiger partial charge in [0.25, 0.3) is 11.7 Å². The molecule has 4 rings (SSSR count). The maximum atomic E-state index is 14.3. The third-order valence-corrected chi connectivity index (χ3v) is 12.8. The number of nitrogens with zero attached hydrogens (tertiary/aromatic N) is 1. The number of amides is 1. The van der Waals surface area contributed by atoms with E-state index in [2.05, 4.69) is 6.58 Å². The molecule has 3 fully saturated rings. The van der Waals surface area contributed by atoms with Crippen LogP contribution in [-0.4, -0.2) is 120 Å². The van der Waals surface area contributed by atoms with Crippen molar-refractivity contribution in [2.45, 2.75) is 161 Å². The van der Waals surface area contributed by atoms with Crippen molar-refractivity contribution in [3.63, 3.8) is 0 Å². The van der Waals surface area contributed by atoms with Crippen LogP contribution in [0.15, 0.2) is 36.0 Å². The summed E-state index contributed by atoms with van der Waals surface area (Å²) in [6.07, 6.45) is 4.93. The largest absolute Gasteiger partial charge is 0.456 e. The number of ether oxygens (including phenoxy) is 5. The Morgan fingerprint density at radius 2 is 1.69 bits per heavy atom. The fourth-order valence-corrected chi connectivity index (χ4v) is 9.35. The molecule has 58 heavy (non-hydrogen) atoms. The van der Waals surface area contributed by atoms with Crippen LogP contribution in [-0.2, 0) is 47.7 Å². The summed E-state index contributed by atoms with van der Waals surface area (Å²) in [7, 11) is 3.06. The van der Waals surface area contributed by atoms with Gasteiger partial charge in [-0.2, -0.15) is 0 Å². The fourth-order valence-electron chi connectivity index (χ4n) is 9.35. The summed E-state index contributed by atoms with van der Waals surface area (Å²) in [5, 5.41) is 23.7. The standard InChI is InChI=1S/C45H69NO12/c1-10-18-56-37-24-31(15-16-34(37)47)22-28(5)40-30(7)35(48)25-36(49)32(11-2)20-26(3)19-27(4)21-38(54-8)41-39(55-9)23-29(6)45(53,58-41)42(50)43(51)46-17-13-12-14-33(46)44(52)57-40/h10,20,22,27,29-33,35,37-41,48,53H,1,11-19,21,23-25H2,2-9H3/b26-20+,28-22?. The molecule has 326 valence electrons. The third-order valence-electron chi connectivity index (χ3n) is 12.8. The predicted molar refractivity (Wildman–Crippen MR) is 216 cm³/mol. The van der Waals surface area contributed by atoms with Gasteiger partial charge >= 0.3 is 5.97 Å². The lowest BCUT2D eigenvalue weighted by Gasteiger charge is -2.47. The second-order valence-electron chi connectivity index (χ2n) is 17.4. The summed E-state index contributed by atoms with van der Waals surface area (Å²) in [6.45, 7) is 15.1. The number of fused-ring (bicyclic) bond motifs is 3. The first-order valence-electron chi connectivity index (χ1n) is 21.3. The summed E-state index contributed by atoms with van der Waals surface area (Å²) >= 11 is 0. The van der Waals surface area contributed by atoms with E-state index in [4.69, 9.17) is 23.7 Å². The number of methoxy groups -OCH3 is 2. The van der Waals surface area contributed by atoms with Crippen LogP contribution in [0.5, 0.6) is 0 Å². The first-order chi connectivity index (χ1) is 27.5. The van der Waals surface area contributed by atoms with Crippen LogP contribution < -0.4 is 0 Å². The SMILES string of the molecule is C=CCOC1CC(C=C(C)C2OC(=O)C3CCCCN3C(=O)C(=O)C3(O)OC(C(OC)CC(C)C/C(C)=C/C(CC)C(=O)CC(O)C2C)C(OC)CC3C)CCC1=O. The van der Waals surface area contributed by atoms with Crippen LogP contribution in [0.4, 0.5) is 0 Å². The van der Waals surface area contributed by atoms with E-state index in [1.54, 1.807) is 26.8 Å². The van der Waals surface area contributed by atoms with Crippen LogP contribution >= 0.6 is 0 Å². The maximum Gasteiger partial charge on any atom is 0.329 e. The maximum absolute atomic E-state index is 14.3. The van der Waals surface area contributed by atoms with Gasteiger partial charge in [-0.05, 0) is 89.0 Å². The van der Waals surface area contributed by atoms with E-state index in [0.29, 0.717) is 56.9 Å². The zero-order valence-corrected chi connectivity index (χ0v) is 36.0. The van der Waals surface area contributed by atoms with Gasteiger partial charge in [-0.25, -0.2) is 4.79 Å². The van der Waals surface area contributed by atoms with Gasteiger partial charge in [0, 0.05) is 51.4 Å². The van der Waals surface area contributed by atoms with Crippen molar-refractivity contribution in [2.75, 3.05) is 27.4 Å². The number of hydrogen-bond acceptors (Lipinski definition) is 12. The Hall–Kier alpha value is -3.07. The lowest BCUT2D eigenvalue weighted by Crippen LogP contribution is -2.64. The Kier molecular flexibility index (Phi) is 17.6. The number of carbonyl (C=O) groups is 5. The number of cyclic esters (lactones) is 1. The highest BCUT2D eigenvalue weighted by Crippen LogP contribution is 2.39. The van der Waals surface area contributed by atoms with Crippen molar-refractivity contribution in [2.24, 2.45) is 29.6 Å². The molecule has 1 amide bonds. The molecule has 2 saturated heterocycles. The molecule has 13 heteroatoms. The minimum absolute atomic E-state index is 0.0158. The molecule has 13 nitrogen and oxygen atoms in total. The molecule has 2 bridgehead atoms. The number of aliphatic hydroxyl groups excluding tert-OH is 1. The van der Waals surface area contributed by atoms with Gasteiger partial charge in [-0.1, -0.05) is 51.5 Å². The van der Waals surface area contributed by atoms with Crippen molar-refractivity contribution in [3.8, 4) is 0 Å². The Labute approximate surface area is 344 Å². The molecule has 0 aromatic rings. The van der Waals surface area contributed by atoms with E-state index in [1.165, 1.54) is 19.1 Å². The van der Waals surface area contributed by atoms with Crippen molar-refractivity contribution in [1.29, 1.82) is 0 Å². The Bertz CT molecular complexity index is 1540. The molecular weight excluding hydrogens is 746 g/mol. The van der Waals surface area contributed by atoms with Crippen molar-refractivity contribution >= 4 is 29.2 Å². The van der Waals surface area contributed by atoms with Gasteiger partial charge in [-0.3, -0.25) is 19.2 Å². The smallest absolute Gasteiger partial charge is 0.329 e. The lowest BCUT2D eigenvalue weighted by atomic mass is 9.82. The number of Topliss-reactive ketones (excluding diaryl/α,β-unsaturated/α-hetero) is 3. The molecule has 0 aromatic heterocycles. The van der Waals surface area contributed by atoms with Gasteiger partial charge in [0.05, 0.1) is 24.9 Å². The van der Waals surface area contributed by atoms with Crippen LogP contribution in [0.1, 0.15) is 112 Å². The lowest BCUT2D eigenvalue weighted by molar-refractivity contribution is -0.302. The number of esters is 1. The van der Waals surface area contributed by atoms with E-state index in [1.807, 2.05) is 32.9 Å². The summed E-state index contributed by atoms with van der Waals surface area (Å²) in [5.41, 5.74) is 1.61. The van der Waals surface area contributed by atoms with E-state index in [0.717, 1.165) is 5.57 Å². The van der Waals surface area contributed by atoms with Gasteiger partial charge in [-0.15, -0.1) is 6.58 Å². The Balaban J connectivity index is 1.76. The summed E-state index contributed by atoms with van der Waals surface area (Å²) in [6, 6.07) is -1.15. The number of piperidine rings is 1. The zero-order valence-electron chi connectivity index (χ0n) is 36.0. The Morgan fingerprint density at radius 1 is 1.00 bits per heavy atom. The molecular formula is C45H69NO12. The molecule has 0 radical (unpaired) electrons. The number of hydrogen-bond donors (Lipinski definition) is 2. The minimum atomic E-state index is -2.51. The molecule has 0 aromatic carbocycles. The third kappa shape index (κ3) is 11.4. The quantitative estimate of drug-likeness (QED) is 0.186. The monoisotopic (exact) mass is 815 g/mol. The van der Waals surface area contributed by atoms with Crippen molar-refractivity contribution in [3.05, 3.63) is 36.0 Å². The first-order valence-corrected chi connectivity index (χ1v) is 21.3. The molecule has 1 saturated carbocycles. The summed E-state index contributed by atoms with van der Waals surface area (Å²) in [5.74, 6) is -7.71. The fraction of sp³-hybridized carbons (Fsp3) is 0.756. The first kappa shape index (κ1) is 47.6. The predicted octanol–water partition coefficient (Wildman–Crippen LogP) is 5.24. The zero-order chi connectivity index (χ0) is 42.9. The van der Waals surface area contributed by atoms with E-state index >= 15 is 0 Å². The van der Waals surface area contributed by atoms with Crippen molar-refractivity contribution in [1.82, 2.24) is 4.90 Å². The highest BCUT2D eigenvalue weighted by Gasteiger charge is 2.56. The average molecular weight is 816 g/mol. The Morgan fingerprint density at radius 3 is 2.34 bits per heavy atom. The number of carbonyl (C=O) groups excluding carboxylic acids is 5. The molecule has 1 aliphatic carbocycles. The van der Waals surface area contributed by atoms with Gasteiger partial charge in [0.15, 0.2) is 5.78 Å². The molecule has 2 N–H and O–H groups in total. The minimum Gasteiger partial charge on any atom is -0.456 e. The van der Waals surface area contributed by atoms with Gasteiger partial charge < -0.3 is 38.8 Å². The highest BCUT2D eigenvalue weighted by atomic mass is 16.7. The van der Waals surface area contributed by atoms with Crippen LogP contribution in [0.25, 0.3) is 0 Å². The molecule has 4 aliphatic rings. The van der Waals surface area contributed by atoms with Crippen LogP contribution in [0, 0.1) is 29.6 Å². The molecule has 0 spiro atoms.